The van der Waals surface area contributed by atoms with Crippen LogP contribution in [0.4, 0.5) is 10.5 Å². The molecule has 0 heterocycles. The predicted octanol–water partition coefficient (Wildman–Crippen LogP) is 4.09. The van der Waals surface area contributed by atoms with Crippen molar-refractivity contribution in [1.82, 2.24) is 0 Å². The largest absolute Gasteiger partial charge is 0.444 e. The minimum atomic E-state index is -0.499. The fraction of sp³-hybridized carbons (Fsp3) is 0.0714. The molecule has 0 bridgehead atoms. The average molecular weight is 262 g/mol. The van der Waals surface area contributed by atoms with E-state index in [9.17, 15) is 4.79 Å². The summed E-state index contributed by atoms with van der Waals surface area (Å²) in [5.74, 6) is 0. The molecule has 0 fully saturated rings. The Hall–Kier alpha value is -2.00. The highest BCUT2D eigenvalue weighted by Crippen LogP contribution is 2.15. The molecule has 1 amide bonds. The second-order valence-corrected chi connectivity index (χ2v) is 4.13. The molecule has 4 heteroatoms. The van der Waals surface area contributed by atoms with E-state index in [1.165, 1.54) is 0 Å². The highest BCUT2D eigenvalue weighted by Gasteiger charge is 2.03. The van der Waals surface area contributed by atoms with E-state index < -0.39 is 6.09 Å². The van der Waals surface area contributed by atoms with Crippen molar-refractivity contribution in [1.29, 1.82) is 0 Å². The van der Waals surface area contributed by atoms with E-state index in [4.69, 9.17) is 16.3 Å². The van der Waals surface area contributed by atoms with Crippen LogP contribution < -0.4 is 5.32 Å². The summed E-state index contributed by atoms with van der Waals surface area (Å²) in [6.45, 7) is 0.243. The second-order valence-electron chi connectivity index (χ2n) is 3.70. The molecule has 2 aromatic rings. The van der Waals surface area contributed by atoms with Gasteiger partial charge in [0, 0.05) is 10.7 Å². The number of ether oxygens (including phenoxy) is 1. The van der Waals surface area contributed by atoms with Gasteiger partial charge in [0.1, 0.15) is 6.61 Å². The number of hydrogen-bond donors (Lipinski definition) is 1. The summed E-state index contributed by atoms with van der Waals surface area (Å²) in [5, 5.41) is 3.17. The van der Waals surface area contributed by atoms with Crippen molar-refractivity contribution in [3.8, 4) is 0 Å². The third-order valence-corrected chi connectivity index (χ3v) is 2.52. The lowest BCUT2D eigenvalue weighted by Gasteiger charge is -2.07. The zero-order valence-electron chi connectivity index (χ0n) is 9.60. The summed E-state index contributed by atoms with van der Waals surface area (Å²) in [6, 6.07) is 16.4. The molecule has 0 saturated heterocycles. The summed E-state index contributed by atoms with van der Waals surface area (Å²) >= 11 is 5.81. The minimum Gasteiger partial charge on any atom is -0.444 e. The van der Waals surface area contributed by atoms with Crippen LogP contribution in [-0.2, 0) is 11.3 Å². The normalized spacial score (nSPS) is 9.83. The van der Waals surface area contributed by atoms with E-state index in [0.717, 1.165) is 5.56 Å². The lowest BCUT2D eigenvalue weighted by Crippen LogP contribution is -2.13. The summed E-state index contributed by atoms with van der Waals surface area (Å²) in [6.07, 6.45) is -0.499. The number of benzene rings is 2. The maximum Gasteiger partial charge on any atom is 0.411 e. The molecule has 1 N–H and O–H groups in total. The number of amides is 1. The number of hydrogen-bond acceptors (Lipinski definition) is 2. The summed E-state index contributed by atoms with van der Waals surface area (Å²) in [4.78, 5) is 11.5. The van der Waals surface area contributed by atoms with Crippen LogP contribution in [0.1, 0.15) is 5.56 Å². The molecule has 2 rings (SSSR count). The Bertz CT molecular complexity index is 528. The Morgan fingerprint density at radius 2 is 1.89 bits per heavy atom. The monoisotopic (exact) mass is 261 g/mol. The second kappa shape index (κ2) is 6.07. The van der Waals surface area contributed by atoms with E-state index in [0.29, 0.717) is 10.7 Å². The van der Waals surface area contributed by atoms with Gasteiger partial charge in [-0.1, -0.05) is 48.0 Å². The van der Waals surface area contributed by atoms with E-state index in [-0.39, 0.29) is 6.61 Å². The SMILES string of the molecule is O=C(Nc1cccc(Cl)c1)OCc1ccccc1. The van der Waals surface area contributed by atoms with Gasteiger partial charge in [-0.15, -0.1) is 0 Å². The predicted molar refractivity (Wildman–Crippen MR) is 71.7 cm³/mol. The van der Waals surface area contributed by atoms with Gasteiger partial charge in [0.05, 0.1) is 0 Å². The van der Waals surface area contributed by atoms with Crippen LogP contribution in [0, 0.1) is 0 Å². The molecule has 0 spiro atoms. The zero-order valence-corrected chi connectivity index (χ0v) is 10.4. The van der Waals surface area contributed by atoms with Crippen molar-refractivity contribution < 1.29 is 9.53 Å². The zero-order chi connectivity index (χ0) is 12.8. The van der Waals surface area contributed by atoms with E-state index in [1.54, 1.807) is 24.3 Å². The molecule has 0 aliphatic carbocycles. The highest BCUT2D eigenvalue weighted by molar-refractivity contribution is 6.30. The van der Waals surface area contributed by atoms with Crippen molar-refractivity contribution in [3.05, 3.63) is 65.2 Å². The van der Waals surface area contributed by atoms with Gasteiger partial charge in [0.25, 0.3) is 0 Å². The topological polar surface area (TPSA) is 38.3 Å². The Labute approximate surface area is 110 Å². The maximum atomic E-state index is 11.5. The molecule has 0 atom stereocenters. The lowest BCUT2D eigenvalue weighted by atomic mass is 10.2. The first-order valence-corrected chi connectivity index (χ1v) is 5.85. The van der Waals surface area contributed by atoms with Gasteiger partial charge >= 0.3 is 6.09 Å². The fourth-order valence-electron chi connectivity index (χ4n) is 1.44. The van der Waals surface area contributed by atoms with Gasteiger partial charge in [-0.05, 0) is 23.8 Å². The van der Waals surface area contributed by atoms with Crippen molar-refractivity contribution >= 4 is 23.4 Å². The highest BCUT2D eigenvalue weighted by atomic mass is 35.5. The van der Waals surface area contributed by atoms with E-state index in [1.807, 2.05) is 30.3 Å². The number of carbonyl (C=O) groups is 1. The molecule has 2 aromatic carbocycles. The number of carbonyl (C=O) groups excluding carboxylic acids is 1. The van der Waals surface area contributed by atoms with E-state index in [2.05, 4.69) is 5.32 Å². The van der Waals surface area contributed by atoms with Crippen LogP contribution in [0.3, 0.4) is 0 Å². The van der Waals surface area contributed by atoms with Crippen molar-refractivity contribution in [2.75, 3.05) is 5.32 Å². The van der Waals surface area contributed by atoms with Crippen LogP contribution in [0.25, 0.3) is 0 Å². The van der Waals surface area contributed by atoms with Crippen LogP contribution >= 0.6 is 11.6 Å². The third-order valence-electron chi connectivity index (χ3n) is 2.28. The molecule has 0 radical (unpaired) electrons. The Morgan fingerprint density at radius 3 is 2.61 bits per heavy atom. The quantitative estimate of drug-likeness (QED) is 0.904. The van der Waals surface area contributed by atoms with Crippen LogP contribution in [-0.4, -0.2) is 6.09 Å². The summed E-state index contributed by atoms with van der Waals surface area (Å²) < 4.78 is 5.08. The van der Waals surface area contributed by atoms with Crippen LogP contribution in [0.2, 0.25) is 5.02 Å². The Balaban J connectivity index is 1.86. The molecular formula is C14H12ClNO2. The van der Waals surface area contributed by atoms with Gasteiger partial charge in [0.15, 0.2) is 0 Å². The van der Waals surface area contributed by atoms with Gasteiger partial charge in [-0.2, -0.15) is 0 Å². The Morgan fingerprint density at radius 1 is 1.11 bits per heavy atom. The molecule has 0 aromatic heterocycles. The lowest BCUT2D eigenvalue weighted by molar-refractivity contribution is 0.155. The number of rotatable bonds is 3. The van der Waals surface area contributed by atoms with Crippen molar-refractivity contribution in [2.24, 2.45) is 0 Å². The van der Waals surface area contributed by atoms with Crippen molar-refractivity contribution in [3.63, 3.8) is 0 Å². The van der Waals surface area contributed by atoms with Gasteiger partial charge < -0.3 is 4.74 Å². The molecular weight excluding hydrogens is 250 g/mol. The van der Waals surface area contributed by atoms with Gasteiger partial charge in [-0.25, -0.2) is 4.79 Å². The fourth-order valence-corrected chi connectivity index (χ4v) is 1.63. The first-order chi connectivity index (χ1) is 8.74. The first kappa shape index (κ1) is 12.5. The molecule has 3 nitrogen and oxygen atoms in total. The first-order valence-electron chi connectivity index (χ1n) is 5.47. The molecule has 0 aliphatic heterocycles. The van der Waals surface area contributed by atoms with Gasteiger partial charge in [0.2, 0.25) is 0 Å². The number of halogens is 1. The van der Waals surface area contributed by atoms with Crippen LogP contribution in [0.5, 0.6) is 0 Å². The van der Waals surface area contributed by atoms with Crippen LogP contribution in [0.15, 0.2) is 54.6 Å². The molecule has 0 saturated carbocycles. The van der Waals surface area contributed by atoms with Crippen molar-refractivity contribution in [2.45, 2.75) is 6.61 Å². The molecule has 18 heavy (non-hydrogen) atoms. The Kier molecular flexibility index (Phi) is 4.20. The van der Waals surface area contributed by atoms with E-state index >= 15 is 0 Å². The number of anilines is 1. The molecule has 92 valence electrons. The average Bonchev–Trinajstić information content (AvgIpc) is 2.38. The third kappa shape index (κ3) is 3.79. The molecule has 0 unspecified atom stereocenters. The molecule has 0 aliphatic rings. The number of nitrogens with one attached hydrogen (secondary N) is 1. The van der Waals surface area contributed by atoms with Gasteiger partial charge in [-0.3, -0.25) is 5.32 Å². The minimum absolute atomic E-state index is 0.243. The smallest absolute Gasteiger partial charge is 0.411 e. The standard InChI is InChI=1S/C14H12ClNO2/c15-12-7-4-8-13(9-12)16-14(17)18-10-11-5-2-1-3-6-11/h1-9H,10H2,(H,16,17). The summed E-state index contributed by atoms with van der Waals surface area (Å²) in [7, 11) is 0. The summed E-state index contributed by atoms with van der Waals surface area (Å²) in [5.41, 5.74) is 1.55. The maximum absolute atomic E-state index is 11.5.